The van der Waals surface area contributed by atoms with E-state index in [0.717, 1.165) is 38.5 Å². The van der Waals surface area contributed by atoms with Crippen LogP contribution in [0.2, 0.25) is 0 Å². The van der Waals surface area contributed by atoms with Crippen LogP contribution in [0.25, 0.3) is 0 Å². The fraction of sp³-hybridized carbons (Fsp3) is 0.875. The molecule has 0 amide bonds. The fourth-order valence-electron chi connectivity index (χ4n) is 8.29. The van der Waals surface area contributed by atoms with E-state index in [2.05, 4.69) is 19.9 Å². The molecule has 4 heteroatoms. The largest absolute Gasteiger partial charge is 0.389 e. The number of carbonyl (C=O) groups excluding carboxylic acids is 1. The zero-order chi connectivity index (χ0) is 19.7. The van der Waals surface area contributed by atoms with Gasteiger partial charge in [0.2, 0.25) is 0 Å². The standard InChI is InChI=1S/C24H36O4/c1-4-16-13-20-18-6-9-23(26)14-24(27-11-12-28-24)10-7-19(23)17(18)5-8-22(20,3)21(16)15(2)25/h5,16,18-21,26H,4,6-14H2,1-3H3/t16-,18?,19?,20?,21?,22+,23?/m1/s1. The Bertz CT molecular complexity index is 693. The van der Waals surface area contributed by atoms with Crippen molar-refractivity contribution >= 4 is 5.78 Å². The van der Waals surface area contributed by atoms with Crippen molar-refractivity contribution in [3.63, 3.8) is 0 Å². The number of hydrogen-bond donors (Lipinski definition) is 1. The number of hydrogen-bond acceptors (Lipinski definition) is 4. The zero-order valence-corrected chi connectivity index (χ0v) is 17.7. The van der Waals surface area contributed by atoms with Crippen molar-refractivity contribution in [3.8, 4) is 0 Å². The van der Waals surface area contributed by atoms with Crippen LogP contribution >= 0.6 is 0 Å². The maximum Gasteiger partial charge on any atom is 0.171 e. The monoisotopic (exact) mass is 388 g/mol. The van der Waals surface area contributed by atoms with Gasteiger partial charge in [-0.1, -0.05) is 31.9 Å². The molecule has 7 atom stereocenters. The summed E-state index contributed by atoms with van der Waals surface area (Å²) in [6.07, 6.45) is 10.1. The second-order valence-corrected chi connectivity index (χ2v) is 10.6. The third-order valence-corrected chi connectivity index (χ3v) is 9.38. The molecule has 156 valence electrons. The van der Waals surface area contributed by atoms with Crippen molar-refractivity contribution in [2.24, 2.45) is 35.0 Å². The molecule has 28 heavy (non-hydrogen) atoms. The Balaban J connectivity index is 1.45. The highest BCUT2D eigenvalue weighted by atomic mass is 16.7. The van der Waals surface area contributed by atoms with Gasteiger partial charge in [-0.3, -0.25) is 4.79 Å². The van der Waals surface area contributed by atoms with E-state index in [1.54, 1.807) is 0 Å². The molecule has 1 N–H and O–H groups in total. The predicted molar refractivity (Wildman–Crippen MR) is 107 cm³/mol. The van der Waals surface area contributed by atoms with Crippen LogP contribution in [0.3, 0.4) is 0 Å². The SMILES string of the molecule is CC[C@@H]1CC2C3CCC4(O)CC5(CCC4C3=CC[C@]2(C)C1C(C)=O)OCCO5. The highest BCUT2D eigenvalue weighted by molar-refractivity contribution is 5.80. The maximum atomic E-state index is 12.6. The highest BCUT2D eigenvalue weighted by Crippen LogP contribution is 2.65. The first kappa shape index (κ1) is 19.3. The summed E-state index contributed by atoms with van der Waals surface area (Å²) in [4.78, 5) is 12.6. The minimum atomic E-state index is -0.693. The Morgan fingerprint density at radius 1 is 1.25 bits per heavy atom. The molecule has 0 aromatic rings. The Morgan fingerprint density at radius 3 is 2.68 bits per heavy atom. The molecule has 1 spiro atoms. The van der Waals surface area contributed by atoms with Crippen LogP contribution in [0.1, 0.15) is 72.1 Å². The summed E-state index contributed by atoms with van der Waals surface area (Å²) < 4.78 is 11.9. The summed E-state index contributed by atoms with van der Waals surface area (Å²) in [6, 6.07) is 0. The van der Waals surface area contributed by atoms with E-state index < -0.39 is 11.4 Å². The third-order valence-electron chi connectivity index (χ3n) is 9.38. The number of ketones is 1. The van der Waals surface area contributed by atoms with Gasteiger partial charge in [0, 0.05) is 24.7 Å². The van der Waals surface area contributed by atoms with Crippen LogP contribution in [0.4, 0.5) is 0 Å². The third kappa shape index (κ3) is 2.56. The fourth-order valence-corrected chi connectivity index (χ4v) is 8.29. The second kappa shape index (κ2) is 6.39. The molecule has 4 aliphatic carbocycles. The maximum absolute atomic E-state index is 12.6. The summed E-state index contributed by atoms with van der Waals surface area (Å²) in [6.45, 7) is 7.73. The summed E-state index contributed by atoms with van der Waals surface area (Å²) in [5.41, 5.74) is 0.911. The van der Waals surface area contributed by atoms with Crippen LogP contribution in [0.5, 0.6) is 0 Å². The molecule has 1 saturated heterocycles. The average molecular weight is 389 g/mol. The van der Waals surface area contributed by atoms with Gasteiger partial charge in [0.1, 0.15) is 5.78 Å². The zero-order valence-electron chi connectivity index (χ0n) is 17.7. The summed E-state index contributed by atoms with van der Waals surface area (Å²) in [7, 11) is 0. The normalized spacial score (nSPS) is 49.3. The van der Waals surface area contributed by atoms with Crippen molar-refractivity contribution in [3.05, 3.63) is 11.6 Å². The summed E-state index contributed by atoms with van der Waals surface area (Å²) in [5.74, 6) is 1.95. The molecule has 5 rings (SSSR count). The van der Waals surface area contributed by atoms with Crippen molar-refractivity contribution in [1.29, 1.82) is 0 Å². The van der Waals surface area contributed by atoms with E-state index in [0.29, 0.717) is 43.2 Å². The number of allylic oxidation sites excluding steroid dienone is 1. The topological polar surface area (TPSA) is 55.8 Å². The number of fused-ring (bicyclic) bond motifs is 5. The Hall–Kier alpha value is -0.710. The lowest BCUT2D eigenvalue weighted by atomic mass is 9.52. The molecular formula is C24H36O4. The molecular weight excluding hydrogens is 352 g/mol. The van der Waals surface area contributed by atoms with Gasteiger partial charge in [-0.25, -0.2) is 0 Å². The van der Waals surface area contributed by atoms with E-state index in [1.807, 2.05) is 6.92 Å². The van der Waals surface area contributed by atoms with E-state index in [9.17, 15) is 9.90 Å². The molecule has 0 bridgehead atoms. The molecule has 0 aromatic heterocycles. The predicted octanol–water partition coefficient (Wildman–Crippen LogP) is 4.26. The van der Waals surface area contributed by atoms with Gasteiger partial charge >= 0.3 is 0 Å². The van der Waals surface area contributed by atoms with Gasteiger partial charge < -0.3 is 14.6 Å². The van der Waals surface area contributed by atoms with Crippen molar-refractivity contribution in [2.45, 2.75) is 83.5 Å². The Kier molecular flexibility index (Phi) is 4.40. The lowest BCUT2D eigenvalue weighted by Crippen LogP contribution is -2.56. The molecule has 1 aliphatic heterocycles. The van der Waals surface area contributed by atoms with Crippen LogP contribution in [0, 0.1) is 35.0 Å². The molecule has 0 radical (unpaired) electrons. The quantitative estimate of drug-likeness (QED) is 0.718. The lowest BCUT2D eigenvalue weighted by molar-refractivity contribution is -0.235. The first-order chi connectivity index (χ1) is 13.3. The molecule has 0 aromatic carbocycles. The second-order valence-electron chi connectivity index (χ2n) is 10.6. The number of Topliss-reactive ketones (excluding diaryl/α,β-unsaturated/α-hetero) is 1. The van der Waals surface area contributed by atoms with Crippen molar-refractivity contribution in [2.75, 3.05) is 13.2 Å². The van der Waals surface area contributed by atoms with Crippen LogP contribution in [0.15, 0.2) is 11.6 Å². The lowest BCUT2D eigenvalue weighted by Gasteiger charge is -2.56. The van der Waals surface area contributed by atoms with Crippen molar-refractivity contribution < 1.29 is 19.4 Å². The minimum Gasteiger partial charge on any atom is -0.389 e. The van der Waals surface area contributed by atoms with Gasteiger partial charge in [-0.15, -0.1) is 0 Å². The molecule has 5 unspecified atom stereocenters. The summed E-state index contributed by atoms with van der Waals surface area (Å²) >= 11 is 0. The molecule has 3 saturated carbocycles. The Morgan fingerprint density at radius 2 is 2.00 bits per heavy atom. The number of rotatable bonds is 2. The van der Waals surface area contributed by atoms with Crippen LogP contribution < -0.4 is 0 Å². The van der Waals surface area contributed by atoms with Gasteiger partial charge in [-0.05, 0) is 62.2 Å². The number of ether oxygens (including phenoxy) is 2. The summed E-state index contributed by atoms with van der Waals surface area (Å²) in [5, 5.41) is 11.6. The van der Waals surface area contributed by atoms with Gasteiger partial charge in [0.05, 0.1) is 18.8 Å². The number of aliphatic hydroxyl groups is 1. The smallest absolute Gasteiger partial charge is 0.171 e. The van der Waals surface area contributed by atoms with Crippen LogP contribution in [-0.2, 0) is 14.3 Å². The first-order valence-corrected chi connectivity index (χ1v) is 11.5. The highest BCUT2D eigenvalue weighted by Gasteiger charge is 2.62. The van der Waals surface area contributed by atoms with Gasteiger partial charge in [-0.2, -0.15) is 0 Å². The van der Waals surface area contributed by atoms with E-state index in [-0.39, 0.29) is 17.3 Å². The number of carbonyl (C=O) groups is 1. The van der Waals surface area contributed by atoms with Gasteiger partial charge in [0.15, 0.2) is 5.79 Å². The Labute approximate surface area is 169 Å². The molecule has 1 heterocycles. The van der Waals surface area contributed by atoms with E-state index in [1.165, 1.54) is 12.0 Å². The van der Waals surface area contributed by atoms with E-state index >= 15 is 0 Å². The molecule has 4 fully saturated rings. The molecule has 5 aliphatic rings. The van der Waals surface area contributed by atoms with Crippen LogP contribution in [-0.4, -0.2) is 35.5 Å². The van der Waals surface area contributed by atoms with E-state index in [4.69, 9.17) is 9.47 Å². The minimum absolute atomic E-state index is 0.101. The first-order valence-electron chi connectivity index (χ1n) is 11.5. The molecule has 4 nitrogen and oxygen atoms in total. The van der Waals surface area contributed by atoms with Crippen molar-refractivity contribution in [1.82, 2.24) is 0 Å². The van der Waals surface area contributed by atoms with Gasteiger partial charge in [0.25, 0.3) is 0 Å². The average Bonchev–Trinajstić information content (AvgIpc) is 3.21.